The Hall–Kier alpha value is -1.27. The molecule has 0 fully saturated rings. The van der Waals surface area contributed by atoms with Crippen LogP contribution < -0.4 is 4.18 Å². The maximum atomic E-state index is 10.6. The van der Waals surface area contributed by atoms with Gasteiger partial charge in [0.25, 0.3) is 0 Å². The van der Waals surface area contributed by atoms with Crippen molar-refractivity contribution in [3.8, 4) is 16.9 Å². The smallest absolute Gasteiger partial charge is 0.360 e. The van der Waals surface area contributed by atoms with Crippen LogP contribution in [0, 0.1) is 0 Å². The summed E-state index contributed by atoms with van der Waals surface area (Å²) in [5, 5.41) is 0.641. The third kappa shape index (κ3) is 3.84. The van der Waals surface area contributed by atoms with E-state index in [-0.39, 0.29) is 10.8 Å². The number of rotatable bonds is 3. The fraction of sp³-hybridized carbons (Fsp3) is 0. The molecule has 0 unspecified atom stereocenters. The van der Waals surface area contributed by atoms with Crippen LogP contribution >= 0.6 is 23.2 Å². The van der Waals surface area contributed by atoms with Gasteiger partial charge in [-0.1, -0.05) is 41.4 Å². The third-order valence-electron chi connectivity index (χ3n) is 2.28. The Morgan fingerprint density at radius 2 is 1.68 bits per heavy atom. The average Bonchev–Trinajstić information content (AvgIpc) is 2.30. The fourth-order valence-electron chi connectivity index (χ4n) is 1.53. The Morgan fingerprint density at radius 1 is 1.00 bits per heavy atom. The summed E-state index contributed by atoms with van der Waals surface area (Å²) in [6, 6.07) is 11.6. The van der Waals surface area contributed by atoms with Crippen molar-refractivity contribution in [1.29, 1.82) is 0 Å². The van der Waals surface area contributed by atoms with E-state index < -0.39 is 10.4 Å². The molecular formula is C12H8Cl2O4S. The molecule has 0 radical (unpaired) electrons. The summed E-state index contributed by atoms with van der Waals surface area (Å²) < 4.78 is 34.1. The predicted octanol–water partition coefficient (Wildman–Crippen LogP) is 3.84. The number of benzene rings is 2. The highest BCUT2D eigenvalue weighted by atomic mass is 35.5. The lowest BCUT2D eigenvalue weighted by Gasteiger charge is -2.07. The summed E-state index contributed by atoms with van der Waals surface area (Å²) in [6.07, 6.45) is 0. The second kappa shape index (κ2) is 5.38. The summed E-state index contributed by atoms with van der Waals surface area (Å²) in [5.74, 6) is -0.144. The molecule has 0 aliphatic rings. The molecule has 1 N–H and O–H groups in total. The Bertz CT molecular complexity index is 713. The number of hydrogen-bond donors (Lipinski definition) is 1. The van der Waals surface area contributed by atoms with Crippen LogP contribution in [0.2, 0.25) is 10.0 Å². The third-order valence-corrected chi connectivity index (χ3v) is 3.21. The maximum absolute atomic E-state index is 10.6. The molecule has 0 aromatic heterocycles. The van der Waals surface area contributed by atoms with Crippen molar-refractivity contribution < 1.29 is 17.2 Å². The van der Waals surface area contributed by atoms with E-state index in [2.05, 4.69) is 4.18 Å². The van der Waals surface area contributed by atoms with Gasteiger partial charge in [0.15, 0.2) is 5.75 Å². The first-order valence-corrected chi connectivity index (χ1v) is 7.20. The molecule has 0 saturated heterocycles. The lowest BCUT2D eigenvalue weighted by Crippen LogP contribution is -2.06. The van der Waals surface area contributed by atoms with Gasteiger partial charge in [-0.15, -0.1) is 0 Å². The van der Waals surface area contributed by atoms with Gasteiger partial charge in [0, 0.05) is 5.02 Å². The van der Waals surface area contributed by atoms with Crippen LogP contribution in [0.1, 0.15) is 0 Å². The molecule has 0 aliphatic heterocycles. The van der Waals surface area contributed by atoms with Crippen molar-refractivity contribution in [2.24, 2.45) is 0 Å². The molecule has 0 spiro atoms. The van der Waals surface area contributed by atoms with E-state index in [4.69, 9.17) is 27.8 Å². The highest BCUT2D eigenvalue weighted by Crippen LogP contribution is 2.31. The Kier molecular flexibility index (Phi) is 4.01. The molecule has 2 rings (SSSR count). The first-order valence-electron chi connectivity index (χ1n) is 5.07. The van der Waals surface area contributed by atoms with E-state index in [0.29, 0.717) is 5.02 Å². The zero-order valence-electron chi connectivity index (χ0n) is 9.38. The van der Waals surface area contributed by atoms with Crippen molar-refractivity contribution in [3.05, 3.63) is 52.5 Å². The van der Waals surface area contributed by atoms with E-state index in [1.54, 1.807) is 24.3 Å². The minimum atomic E-state index is -4.59. The SMILES string of the molecule is O=S(=O)(O)Oc1ccc(-c2cccc(Cl)c2)cc1Cl. The van der Waals surface area contributed by atoms with Crippen LogP contribution in [0.5, 0.6) is 5.75 Å². The zero-order valence-corrected chi connectivity index (χ0v) is 11.7. The molecule has 19 heavy (non-hydrogen) atoms. The van der Waals surface area contributed by atoms with Gasteiger partial charge < -0.3 is 4.18 Å². The van der Waals surface area contributed by atoms with Gasteiger partial charge >= 0.3 is 10.4 Å². The second-order valence-corrected chi connectivity index (χ2v) is 5.53. The lowest BCUT2D eigenvalue weighted by atomic mass is 10.1. The van der Waals surface area contributed by atoms with Crippen LogP contribution in [0.3, 0.4) is 0 Å². The van der Waals surface area contributed by atoms with Gasteiger partial charge in [-0.3, -0.25) is 4.55 Å². The van der Waals surface area contributed by atoms with Gasteiger partial charge in [-0.2, -0.15) is 8.42 Å². The Labute approximate surface area is 120 Å². The first kappa shape index (κ1) is 14.1. The quantitative estimate of drug-likeness (QED) is 0.873. The predicted molar refractivity (Wildman–Crippen MR) is 74.1 cm³/mol. The summed E-state index contributed by atoms with van der Waals surface area (Å²) in [5.41, 5.74) is 1.57. The molecular weight excluding hydrogens is 311 g/mol. The van der Waals surface area contributed by atoms with E-state index in [9.17, 15) is 8.42 Å². The van der Waals surface area contributed by atoms with Crippen LogP contribution in [-0.2, 0) is 10.4 Å². The van der Waals surface area contributed by atoms with Crippen molar-refractivity contribution in [2.75, 3.05) is 0 Å². The molecule has 0 atom stereocenters. The Balaban J connectivity index is 2.39. The molecule has 7 heteroatoms. The van der Waals surface area contributed by atoms with Gasteiger partial charge in [-0.25, -0.2) is 0 Å². The summed E-state index contributed by atoms with van der Waals surface area (Å²) >= 11 is 11.8. The molecule has 0 saturated carbocycles. The van der Waals surface area contributed by atoms with Crippen molar-refractivity contribution >= 4 is 33.6 Å². The number of halogens is 2. The van der Waals surface area contributed by atoms with E-state index in [1.165, 1.54) is 12.1 Å². The monoisotopic (exact) mass is 318 g/mol. The second-order valence-electron chi connectivity index (χ2n) is 3.67. The first-order chi connectivity index (χ1) is 8.85. The van der Waals surface area contributed by atoms with E-state index in [1.807, 2.05) is 6.07 Å². The van der Waals surface area contributed by atoms with E-state index >= 15 is 0 Å². The van der Waals surface area contributed by atoms with Crippen LogP contribution in [0.25, 0.3) is 11.1 Å². The molecule has 0 amide bonds. The normalized spacial score (nSPS) is 11.3. The molecule has 100 valence electrons. The molecule has 4 nitrogen and oxygen atoms in total. The average molecular weight is 319 g/mol. The van der Waals surface area contributed by atoms with Crippen molar-refractivity contribution in [1.82, 2.24) is 0 Å². The lowest BCUT2D eigenvalue weighted by molar-refractivity contribution is 0.387. The van der Waals surface area contributed by atoms with Crippen LogP contribution in [0.4, 0.5) is 0 Å². The van der Waals surface area contributed by atoms with Gasteiger partial charge in [0.1, 0.15) is 0 Å². The summed E-state index contributed by atoms with van der Waals surface area (Å²) in [7, 11) is -4.59. The molecule has 0 aliphatic carbocycles. The van der Waals surface area contributed by atoms with Crippen LogP contribution in [-0.4, -0.2) is 13.0 Å². The highest BCUT2D eigenvalue weighted by Gasteiger charge is 2.11. The largest absolute Gasteiger partial charge is 0.446 e. The van der Waals surface area contributed by atoms with E-state index in [0.717, 1.165) is 11.1 Å². The fourth-order valence-corrected chi connectivity index (χ4v) is 2.36. The maximum Gasteiger partial charge on any atom is 0.446 e. The van der Waals surface area contributed by atoms with Crippen molar-refractivity contribution in [2.45, 2.75) is 0 Å². The van der Waals surface area contributed by atoms with Gasteiger partial charge in [0.05, 0.1) is 5.02 Å². The Morgan fingerprint density at radius 3 is 2.26 bits per heavy atom. The molecule has 2 aromatic carbocycles. The molecule has 0 heterocycles. The molecule has 0 bridgehead atoms. The topological polar surface area (TPSA) is 63.6 Å². The number of hydrogen-bond acceptors (Lipinski definition) is 3. The highest BCUT2D eigenvalue weighted by molar-refractivity contribution is 7.81. The zero-order chi connectivity index (χ0) is 14.0. The minimum Gasteiger partial charge on any atom is -0.360 e. The van der Waals surface area contributed by atoms with Gasteiger partial charge in [0.2, 0.25) is 0 Å². The van der Waals surface area contributed by atoms with Crippen molar-refractivity contribution in [3.63, 3.8) is 0 Å². The summed E-state index contributed by atoms with van der Waals surface area (Å²) in [6.45, 7) is 0. The summed E-state index contributed by atoms with van der Waals surface area (Å²) in [4.78, 5) is 0. The standard InChI is InChI=1S/C12H8Cl2O4S/c13-10-3-1-2-8(6-10)9-4-5-12(11(14)7-9)18-19(15,16)17/h1-7H,(H,15,16,17). The minimum absolute atomic E-state index is 0.0649. The van der Waals surface area contributed by atoms with Gasteiger partial charge in [-0.05, 0) is 35.4 Å². The van der Waals surface area contributed by atoms with Crippen LogP contribution in [0.15, 0.2) is 42.5 Å². The molecule has 2 aromatic rings.